The number of hydrogen-bond acceptors (Lipinski definition) is 4. The average molecular weight is 380 g/mol. The lowest BCUT2D eigenvalue weighted by Crippen LogP contribution is -2.41. The molecule has 1 atom stereocenters. The molecule has 1 aromatic carbocycles. The molecule has 0 aliphatic carbocycles. The van der Waals surface area contributed by atoms with Crippen LogP contribution in [-0.2, 0) is 0 Å². The largest absolute Gasteiger partial charge is 0.487 e. The second kappa shape index (κ2) is 10.5. The summed E-state index contributed by atoms with van der Waals surface area (Å²) in [7, 11) is 0. The van der Waals surface area contributed by atoms with Gasteiger partial charge in [0.25, 0.3) is 0 Å². The Hall–Kier alpha value is -2.86. The molecule has 6 nitrogen and oxygen atoms in total. The molecular weight excluding hydrogens is 352 g/mol. The van der Waals surface area contributed by atoms with E-state index in [1.165, 1.54) is 19.3 Å². The van der Waals surface area contributed by atoms with E-state index >= 15 is 0 Å². The molecule has 0 saturated carbocycles. The van der Waals surface area contributed by atoms with Gasteiger partial charge < -0.3 is 15.4 Å². The summed E-state index contributed by atoms with van der Waals surface area (Å²) in [6.07, 6.45) is 8.99. The SMILES string of the molecule is C=CCOc1ccccc1NC(=O)NC[C@H](c1cccnc1)N1CCCCC1. The molecule has 6 heteroatoms. The number of likely N-dealkylation sites (tertiary alicyclic amines) is 1. The second-order valence-electron chi connectivity index (χ2n) is 6.83. The highest BCUT2D eigenvalue weighted by atomic mass is 16.5. The van der Waals surface area contributed by atoms with Crippen molar-refractivity contribution < 1.29 is 9.53 Å². The summed E-state index contributed by atoms with van der Waals surface area (Å²) in [5.74, 6) is 0.623. The minimum absolute atomic E-state index is 0.118. The number of carbonyl (C=O) groups is 1. The van der Waals surface area contributed by atoms with Crippen LogP contribution in [0.4, 0.5) is 10.5 Å². The van der Waals surface area contributed by atoms with Gasteiger partial charge in [-0.3, -0.25) is 9.88 Å². The Morgan fingerprint density at radius 2 is 2.04 bits per heavy atom. The van der Waals surface area contributed by atoms with Crippen LogP contribution in [-0.4, -0.2) is 42.2 Å². The monoisotopic (exact) mass is 380 g/mol. The van der Waals surface area contributed by atoms with E-state index in [9.17, 15) is 4.79 Å². The van der Waals surface area contributed by atoms with Gasteiger partial charge in [-0.15, -0.1) is 0 Å². The van der Waals surface area contributed by atoms with Gasteiger partial charge in [0.05, 0.1) is 11.7 Å². The third-order valence-electron chi connectivity index (χ3n) is 4.85. The molecule has 1 aromatic heterocycles. The molecule has 1 aliphatic rings. The first-order chi connectivity index (χ1) is 13.8. The summed E-state index contributed by atoms with van der Waals surface area (Å²) in [4.78, 5) is 19.2. The van der Waals surface area contributed by atoms with Gasteiger partial charge >= 0.3 is 6.03 Å². The predicted octanol–water partition coefficient (Wildman–Crippen LogP) is 4.00. The molecule has 1 saturated heterocycles. The Kier molecular flexibility index (Phi) is 7.44. The number of nitrogens with one attached hydrogen (secondary N) is 2. The molecule has 148 valence electrons. The summed E-state index contributed by atoms with van der Waals surface area (Å²) in [5.41, 5.74) is 1.76. The average Bonchev–Trinajstić information content (AvgIpc) is 2.75. The van der Waals surface area contributed by atoms with Crippen LogP contribution in [0.2, 0.25) is 0 Å². The first-order valence-corrected chi connectivity index (χ1v) is 9.79. The van der Waals surface area contributed by atoms with Gasteiger partial charge in [0.2, 0.25) is 0 Å². The highest BCUT2D eigenvalue weighted by Crippen LogP contribution is 2.25. The normalized spacial score (nSPS) is 15.4. The Balaban J connectivity index is 1.63. The quantitative estimate of drug-likeness (QED) is 0.680. The summed E-state index contributed by atoms with van der Waals surface area (Å²) in [6, 6.07) is 11.3. The van der Waals surface area contributed by atoms with E-state index in [0.717, 1.165) is 18.7 Å². The molecule has 2 amide bonds. The van der Waals surface area contributed by atoms with Gasteiger partial charge in [-0.1, -0.05) is 37.3 Å². The summed E-state index contributed by atoms with van der Waals surface area (Å²) in [6.45, 7) is 6.65. The number of amides is 2. The molecule has 1 fully saturated rings. The van der Waals surface area contributed by atoms with Crippen molar-refractivity contribution in [3.63, 3.8) is 0 Å². The lowest BCUT2D eigenvalue weighted by molar-refractivity contribution is 0.161. The van der Waals surface area contributed by atoms with Crippen molar-refractivity contribution in [2.45, 2.75) is 25.3 Å². The molecule has 0 spiro atoms. The molecule has 28 heavy (non-hydrogen) atoms. The predicted molar refractivity (Wildman–Crippen MR) is 112 cm³/mol. The number of anilines is 1. The van der Waals surface area contributed by atoms with E-state index in [0.29, 0.717) is 24.6 Å². The van der Waals surface area contributed by atoms with Gasteiger partial charge in [0, 0.05) is 18.9 Å². The Morgan fingerprint density at radius 1 is 1.21 bits per heavy atom. The maximum absolute atomic E-state index is 12.5. The Bertz CT molecular complexity index is 760. The van der Waals surface area contributed by atoms with Gasteiger partial charge in [0.15, 0.2) is 0 Å². The van der Waals surface area contributed by atoms with Crippen molar-refractivity contribution in [1.82, 2.24) is 15.2 Å². The fourth-order valence-corrected chi connectivity index (χ4v) is 3.46. The van der Waals surface area contributed by atoms with Crippen molar-refractivity contribution in [1.29, 1.82) is 0 Å². The van der Waals surface area contributed by atoms with Crippen LogP contribution in [0.15, 0.2) is 61.4 Å². The molecule has 1 aliphatic heterocycles. The standard InChI is InChI=1S/C22H28N4O2/c1-2-15-28-21-11-5-4-10-19(21)25-22(27)24-17-20(18-9-8-12-23-16-18)26-13-6-3-7-14-26/h2,4-5,8-12,16,20H,1,3,6-7,13-15,17H2,(H2,24,25,27)/t20-/m1/s1. The number of benzene rings is 1. The highest BCUT2D eigenvalue weighted by molar-refractivity contribution is 5.90. The highest BCUT2D eigenvalue weighted by Gasteiger charge is 2.23. The number of aromatic nitrogens is 1. The molecule has 3 rings (SSSR count). The number of pyridine rings is 1. The number of urea groups is 1. The Labute approximate surface area is 166 Å². The van der Waals surface area contributed by atoms with Crippen LogP contribution in [0.1, 0.15) is 30.9 Å². The maximum Gasteiger partial charge on any atom is 0.319 e. The lowest BCUT2D eigenvalue weighted by Gasteiger charge is -2.34. The number of rotatable bonds is 8. The van der Waals surface area contributed by atoms with Crippen molar-refractivity contribution in [2.75, 3.05) is 31.6 Å². The first kappa shape index (κ1) is 19.9. The van der Waals surface area contributed by atoms with Gasteiger partial charge in [-0.25, -0.2) is 4.79 Å². The van der Waals surface area contributed by atoms with E-state index in [4.69, 9.17) is 4.74 Å². The Morgan fingerprint density at radius 3 is 2.79 bits per heavy atom. The van der Waals surface area contributed by atoms with Gasteiger partial charge in [-0.05, 0) is 49.7 Å². The number of para-hydroxylation sites is 2. The summed E-state index contributed by atoms with van der Waals surface area (Å²) in [5, 5.41) is 5.90. The summed E-state index contributed by atoms with van der Waals surface area (Å²) >= 11 is 0. The molecular formula is C22H28N4O2. The smallest absolute Gasteiger partial charge is 0.319 e. The molecule has 2 heterocycles. The zero-order valence-corrected chi connectivity index (χ0v) is 16.1. The van der Waals surface area contributed by atoms with Crippen LogP contribution in [0.3, 0.4) is 0 Å². The lowest BCUT2D eigenvalue weighted by atomic mass is 10.0. The zero-order chi connectivity index (χ0) is 19.6. The molecule has 0 bridgehead atoms. The first-order valence-electron chi connectivity index (χ1n) is 9.79. The molecule has 0 unspecified atom stereocenters. The van der Waals surface area contributed by atoms with Crippen LogP contribution in [0.5, 0.6) is 5.75 Å². The topological polar surface area (TPSA) is 66.5 Å². The number of ether oxygens (including phenoxy) is 1. The van der Waals surface area contributed by atoms with Crippen LogP contribution >= 0.6 is 0 Å². The fourth-order valence-electron chi connectivity index (χ4n) is 3.46. The maximum atomic E-state index is 12.5. The van der Waals surface area contributed by atoms with Crippen LogP contribution < -0.4 is 15.4 Å². The van der Waals surface area contributed by atoms with E-state index in [1.54, 1.807) is 12.3 Å². The number of carbonyl (C=O) groups excluding carboxylic acids is 1. The zero-order valence-electron chi connectivity index (χ0n) is 16.1. The molecule has 0 radical (unpaired) electrons. The minimum atomic E-state index is -0.249. The third kappa shape index (κ3) is 5.57. The van der Waals surface area contributed by atoms with Crippen LogP contribution in [0, 0.1) is 0 Å². The number of hydrogen-bond donors (Lipinski definition) is 2. The van der Waals surface area contributed by atoms with E-state index in [-0.39, 0.29) is 12.1 Å². The van der Waals surface area contributed by atoms with Crippen LogP contribution in [0.25, 0.3) is 0 Å². The minimum Gasteiger partial charge on any atom is -0.487 e. The van der Waals surface area contributed by atoms with Crippen molar-refractivity contribution >= 4 is 11.7 Å². The van der Waals surface area contributed by atoms with E-state index in [1.807, 2.05) is 36.5 Å². The number of nitrogens with zero attached hydrogens (tertiary/aromatic N) is 2. The van der Waals surface area contributed by atoms with Crippen molar-refractivity contribution in [2.24, 2.45) is 0 Å². The number of piperidine rings is 1. The molecule has 2 N–H and O–H groups in total. The molecule has 2 aromatic rings. The summed E-state index contributed by atoms with van der Waals surface area (Å²) < 4.78 is 5.60. The second-order valence-corrected chi connectivity index (χ2v) is 6.83. The fraction of sp³-hybridized carbons (Fsp3) is 0.364. The van der Waals surface area contributed by atoms with E-state index < -0.39 is 0 Å². The van der Waals surface area contributed by atoms with Crippen molar-refractivity contribution in [3.05, 3.63) is 67.0 Å². The third-order valence-corrected chi connectivity index (χ3v) is 4.85. The van der Waals surface area contributed by atoms with Crippen molar-refractivity contribution in [3.8, 4) is 5.75 Å². The van der Waals surface area contributed by atoms with Gasteiger partial charge in [0.1, 0.15) is 12.4 Å². The van der Waals surface area contributed by atoms with E-state index in [2.05, 4.69) is 33.2 Å². The van der Waals surface area contributed by atoms with Gasteiger partial charge in [-0.2, -0.15) is 0 Å².